The molecule has 2 aromatic heterocycles. The molecule has 2 rings (SSSR count). The van der Waals surface area contributed by atoms with Crippen molar-refractivity contribution in [3.05, 3.63) is 29.5 Å². The largest absolute Gasteiger partial charge is 0.328 e. The molecule has 0 saturated heterocycles. The second kappa shape index (κ2) is 4.33. The molecular formula is C12H19N5. The lowest BCUT2D eigenvalue weighted by molar-refractivity contribution is 0.703. The van der Waals surface area contributed by atoms with Gasteiger partial charge in [0.2, 0.25) is 0 Å². The van der Waals surface area contributed by atoms with Crippen LogP contribution in [0.1, 0.15) is 24.0 Å². The molecule has 0 spiro atoms. The van der Waals surface area contributed by atoms with Gasteiger partial charge in [0, 0.05) is 31.0 Å². The van der Waals surface area contributed by atoms with E-state index in [1.807, 2.05) is 38.7 Å². The molecule has 1 atom stereocenters. The van der Waals surface area contributed by atoms with Crippen LogP contribution in [-0.2, 0) is 13.5 Å². The van der Waals surface area contributed by atoms with Crippen LogP contribution in [0.4, 0.5) is 0 Å². The number of nitrogens with zero attached hydrogens (tertiary/aromatic N) is 4. The van der Waals surface area contributed by atoms with Crippen molar-refractivity contribution in [2.24, 2.45) is 12.8 Å². The molecule has 1 unspecified atom stereocenters. The van der Waals surface area contributed by atoms with Crippen LogP contribution in [-0.4, -0.2) is 25.4 Å². The van der Waals surface area contributed by atoms with E-state index >= 15 is 0 Å². The number of rotatable bonds is 3. The fourth-order valence-corrected chi connectivity index (χ4v) is 2.15. The molecular weight excluding hydrogens is 214 g/mol. The summed E-state index contributed by atoms with van der Waals surface area (Å²) in [5.74, 6) is 2.02. The third kappa shape index (κ3) is 2.10. The molecule has 0 aliphatic rings. The van der Waals surface area contributed by atoms with E-state index < -0.39 is 0 Å². The smallest absolute Gasteiger partial charge is 0.139 e. The van der Waals surface area contributed by atoms with Crippen molar-refractivity contribution in [1.82, 2.24) is 19.3 Å². The van der Waals surface area contributed by atoms with Gasteiger partial charge in [-0.1, -0.05) is 0 Å². The van der Waals surface area contributed by atoms with Crippen molar-refractivity contribution in [3.63, 3.8) is 0 Å². The van der Waals surface area contributed by atoms with Crippen molar-refractivity contribution in [2.75, 3.05) is 0 Å². The second-order valence-corrected chi connectivity index (χ2v) is 4.54. The summed E-state index contributed by atoms with van der Waals surface area (Å²) >= 11 is 0. The highest BCUT2D eigenvalue weighted by atomic mass is 15.3. The number of hydrogen-bond acceptors (Lipinski definition) is 3. The Morgan fingerprint density at radius 1 is 1.41 bits per heavy atom. The zero-order chi connectivity index (χ0) is 12.6. The molecule has 92 valence electrons. The normalized spacial score (nSPS) is 13.0. The molecule has 5 nitrogen and oxygen atoms in total. The molecule has 2 N–H and O–H groups in total. The molecule has 2 aromatic rings. The van der Waals surface area contributed by atoms with Crippen molar-refractivity contribution >= 4 is 0 Å². The highest BCUT2D eigenvalue weighted by Crippen LogP contribution is 2.20. The van der Waals surface area contributed by atoms with Crippen molar-refractivity contribution < 1.29 is 0 Å². The van der Waals surface area contributed by atoms with E-state index in [-0.39, 0.29) is 6.04 Å². The maximum Gasteiger partial charge on any atom is 0.139 e. The number of aromatic nitrogens is 4. The van der Waals surface area contributed by atoms with Gasteiger partial charge in [0.15, 0.2) is 0 Å². The van der Waals surface area contributed by atoms with E-state index in [9.17, 15) is 0 Å². The molecule has 0 amide bonds. The van der Waals surface area contributed by atoms with Crippen LogP contribution >= 0.6 is 0 Å². The summed E-state index contributed by atoms with van der Waals surface area (Å²) in [5, 5.41) is 4.47. The van der Waals surface area contributed by atoms with Crippen LogP contribution in [0.3, 0.4) is 0 Å². The van der Waals surface area contributed by atoms with Crippen LogP contribution in [0, 0.1) is 13.8 Å². The summed E-state index contributed by atoms with van der Waals surface area (Å²) in [6.07, 6.45) is 4.58. The van der Waals surface area contributed by atoms with Crippen LogP contribution in [0.25, 0.3) is 5.82 Å². The Labute approximate surface area is 101 Å². The fourth-order valence-electron chi connectivity index (χ4n) is 2.15. The van der Waals surface area contributed by atoms with Crippen molar-refractivity contribution in [1.29, 1.82) is 0 Å². The second-order valence-electron chi connectivity index (χ2n) is 4.54. The maximum absolute atomic E-state index is 5.90. The Morgan fingerprint density at radius 3 is 2.65 bits per heavy atom. The van der Waals surface area contributed by atoms with Gasteiger partial charge in [0.1, 0.15) is 11.6 Å². The van der Waals surface area contributed by atoms with Crippen LogP contribution in [0.15, 0.2) is 12.4 Å². The summed E-state index contributed by atoms with van der Waals surface area (Å²) in [7, 11) is 1.95. The Kier molecular flexibility index (Phi) is 3.02. The first-order valence-corrected chi connectivity index (χ1v) is 5.79. The van der Waals surface area contributed by atoms with Gasteiger partial charge in [0.05, 0.1) is 5.69 Å². The van der Waals surface area contributed by atoms with Crippen molar-refractivity contribution in [2.45, 2.75) is 33.2 Å². The minimum Gasteiger partial charge on any atom is -0.328 e. The number of nitrogens with two attached hydrogens (primary N) is 1. The molecule has 0 aromatic carbocycles. The SMILES string of the molecule is Cc1nn(C)c(-n2ccnc2C)c1CC(C)N. The summed E-state index contributed by atoms with van der Waals surface area (Å²) in [6, 6.07) is 0.125. The highest BCUT2D eigenvalue weighted by Gasteiger charge is 2.17. The average Bonchev–Trinajstić information content (AvgIpc) is 2.72. The van der Waals surface area contributed by atoms with Gasteiger partial charge in [-0.25, -0.2) is 4.98 Å². The molecule has 17 heavy (non-hydrogen) atoms. The quantitative estimate of drug-likeness (QED) is 0.864. The van der Waals surface area contributed by atoms with E-state index in [1.54, 1.807) is 6.20 Å². The zero-order valence-corrected chi connectivity index (χ0v) is 10.8. The zero-order valence-electron chi connectivity index (χ0n) is 10.8. The Hall–Kier alpha value is -1.62. The lowest BCUT2D eigenvalue weighted by atomic mass is 10.1. The predicted octanol–water partition coefficient (Wildman–Crippen LogP) is 1.11. The molecule has 0 fully saturated rings. The van der Waals surface area contributed by atoms with E-state index in [2.05, 4.69) is 14.6 Å². The molecule has 2 heterocycles. The van der Waals surface area contributed by atoms with Crippen LogP contribution in [0.2, 0.25) is 0 Å². The Morgan fingerprint density at radius 2 is 2.12 bits per heavy atom. The monoisotopic (exact) mass is 233 g/mol. The van der Waals surface area contributed by atoms with E-state index in [0.29, 0.717) is 0 Å². The van der Waals surface area contributed by atoms with Crippen molar-refractivity contribution in [3.8, 4) is 5.82 Å². The maximum atomic E-state index is 5.90. The van der Waals surface area contributed by atoms with Gasteiger partial charge in [0.25, 0.3) is 0 Å². The predicted molar refractivity (Wildman–Crippen MR) is 67.2 cm³/mol. The lowest BCUT2D eigenvalue weighted by Gasteiger charge is -2.11. The molecule has 0 saturated carbocycles. The van der Waals surface area contributed by atoms with Gasteiger partial charge in [-0.15, -0.1) is 0 Å². The van der Waals surface area contributed by atoms with Crippen LogP contribution < -0.4 is 5.73 Å². The van der Waals surface area contributed by atoms with E-state index in [0.717, 1.165) is 23.8 Å². The first-order chi connectivity index (χ1) is 8.00. The third-order valence-corrected chi connectivity index (χ3v) is 2.89. The minimum absolute atomic E-state index is 0.125. The van der Waals surface area contributed by atoms with E-state index in [1.165, 1.54) is 5.56 Å². The van der Waals surface area contributed by atoms with Gasteiger partial charge < -0.3 is 5.73 Å². The average molecular weight is 233 g/mol. The molecule has 0 radical (unpaired) electrons. The summed E-state index contributed by atoms with van der Waals surface area (Å²) < 4.78 is 3.94. The standard InChI is InChI=1S/C12H19N5/c1-8(13)7-11-9(2)15-16(4)12(11)17-6-5-14-10(17)3/h5-6,8H,7,13H2,1-4H3. The molecule has 0 bridgehead atoms. The minimum atomic E-state index is 0.125. The Balaban J connectivity index is 2.56. The first-order valence-electron chi connectivity index (χ1n) is 5.79. The lowest BCUT2D eigenvalue weighted by Crippen LogP contribution is -2.19. The van der Waals surface area contributed by atoms with Gasteiger partial charge >= 0.3 is 0 Å². The van der Waals surface area contributed by atoms with Gasteiger partial charge in [-0.3, -0.25) is 9.25 Å². The summed E-state index contributed by atoms with van der Waals surface area (Å²) in [4.78, 5) is 4.25. The summed E-state index contributed by atoms with van der Waals surface area (Å²) in [6.45, 7) is 6.02. The third-order valence-electron chi connectivity index (χ3n) is 2.89. The number of imidazole rings is 1. The molecule has 0 aliphatic heterocycles. The molecule has 5 heteroatoms. The fraction of sp³-hybridized carbons (Fsp3) is 0.500. The van der Waals surface area contributed by atoms with Crippen LogP contribution in [0.5, 0.6) is 0 Å². The highest BCUT2D eigenvalue weighted by molar-refractivity contribution is 5.39. The van der Waals surface area contributed by atoms with Gasteiger partial charge in [-0.05, 0) is 27.2 Å². The Bertz CT molecular complexity index is 521. The topological polar surface area (TPSA) is 61.7 Å². The van der Waals surface area contributed by atoms with E-state index in [4.69, 9.17) is 5.73 Å². The molecule has 0 aliphatic carbocycles. The number of aryl methyl sites for hydroxylation is 3. The van der Waals surface area contributed by atoms with Gasteiger partial charge in [-0.2, -0.15) is 5.10 Å². The first kappa shape index (κ1) is 11.9. The number of hydrogen-bond donors (Lipinski definition) is 1. The summed E-state index contributed by atoms with van der Waals surface area (Å²) in [5.41, 5.74) is 8.13.